The van der Waals surface area contributed by atoms with E-state index >= 15 is 0 Å². The molecule has 1 atom stereocenters. The second-order valence-corrected chi connectivity index (χ2v) is 10.7. The lowest BCUT2D eigenvalue weighted by atomic mass is 9.82. The van der Waals surface area contributed by atoms with Crippen molar-refractivity contribution in [1.82, 2.24) is 19.2 Å². The third-order valence-corrected chi connectivity index (χ3v) is 7.95. The van der Waals surface area contributed by atoms with Crippen molar-refractivity contribution in [2.24, 2.45) is 0 Å². The van der Waals surface area contributed by atoms with Gasteiger partial charge in [-0.1, -0.05) is 6.92 Å². The molecule has 2 aromatic rings. The van der Waals surface area contributed by atoms with Crippen LogP contribution >= 0.6 is 0 Å². The van der Waals surface area contributed by atoms with Crippen molar-refractivity contribution < 1.29 is 17.9 Å². The van der Waals surface area contributed by atoms with Gasteiger partial charge >= 0.3 is 5.69 Å². The van der Waals surface area contributed by atoms with Crippen LogP contribution in [0.5, 0.6) is 0 Å². The van der Waals surface area contributed by atoms with Crippen LogP contribution < -0.4 is 11.0 Å². The average Bonchev–Trinajstić information content (AvgIpc) is 3.09. The van der Waals surface area contributed by atoms with Crippen LogP contribution in [0.25, 0.3) is 11.0 Å². The summed E-state index contributed by atoms with van der Waals surface area (Å²) in [6, 6.07) is 5.20. The first-order chi connectivity index (χ1) is 15.2. The molecule has 1 aromatic carbocycles. The van der Waals surface area contributed by atoms with E-state index in [2.05, 4.69) is 20.2 Å². The van der Waals surface area contributed by atoms with Gasteiger partial charge in [0.1, 0.15) is 0 Å². The molecule has 1 aromatic heterocycles. The zero-order valence-corrected chi connectivity index (χ0v) is 19.3. The number of carbonyl (C=O) groups is 1. The molecule has 0 unspecified atom stereocenters. The fourth-order valence-corrected chi connectivity index (χ4v) is 6.18. The summed E-state index contributed by atoms with van der Waals surface area (Å²) in [5.41, 5.74) is 1.37. The lowest BCUT2D eigenvalue weighted by molar-refractivity contribution is -0.131. The number of aromatic amines is 2. The predicted molar refractivity (Wildman–Crippen MR) is 122 cm³/mol. The molecule has 3 heterocycles. The summed E-state index contributed by atoms with van der Waals surface area (Å²) in [7, 11) is -3.25. The lowest BCUT2D eigenvalue weighted by Crippen LogP contribution is -2.55. The Morgan fingerprint density at radius 1 is 1.28 bits per heavy atom. The molecule has 2 saturated heterocycles. The van der Waals surface area contributed by atoms with E-state index < -0.39 is 10.0 Å². The molecule has 176 valence electrons. The third kappa shape index (κ3) is 5.06. The fraction of sp³-hybridized carbons (Fsp3) is 0.619. The average molecular weight is 466 g/mol. The molecule has 0 bridgehead atoms. The van der Waals surface area contributed by atoms with Gasteiger partial charge in [-0.05, 0) is 43.9 Å². The van der Waals surface area contributed by atoms with E-state index in [9.17, 15) is 18.0 Å². The zero-order chi connectivity index (χ0) is 22.9. The van der Waals surface area contributed by atoms with E-state index in [1.54, 1.807) is 22.5 Å². The summed E-state index contributed by atoms with van der Waals surface area (Å²) in [5.74, 6) is -0.116. The largest absolute Gasteiger partial charge is 0.375 e. The van der Waals surface area contributed by atoms with Gasteiger partial charge in [-0.2, -0.15) is 4.31 Å². The van der Waals surface area contributed by atoms with Crippen molar-refractivity contribution in [3.63, 3.8) is 0 Å². The number of likely N-dealkylation sites (tertiary alicyclic amines) is 1. The SMILES string of the molecule is CCN([C@@H]1CCOC2(CCN(CC(=O)Nc3ccc4[nH]c(=O)[nH]c4c3)CC2)C1)S(C)(=O)=O. The highest BCUT2D eigenvalue weighted by molar-refractivity contribution is 7.88. The molecule has 2 aliphatic rings. The Bertz CT molecular complexity index is 1130. The third-order valence-electron chi connectivity index (χ3n) is 6.55. The molecule has 3 N–H and O–H groups in total. The van der Waals surface area contributed by atoms with Gasteiger partial charge in [0, 0.05) is 38.0 Å². The number of benzene rings is 1. The molecule has 2 aliphatic heterocycles. The maximum Gasteiger partial charge on any atom is 0.323 e. The first kappa shape index (κ1) is 23.0. The number of amides is 1. The number of fused-ring (bicyclic) bond motifs is 1. The topological polar surface area (TPSA) is 128 Å². The molecular weight excluding hydrogens is 434 g/mol. The summed E-state index contributed by atoms with van der Waals surface area (Å²) >= 11 is 0. The van der Waals surface area contributed by atoms with E-state index in [0.717, 1.165) is 25.9 Å². The van der Waals surface area contributed by atoms with Gasteiger partial charge < -0.3 is 20.0 Å². The van der Waals surface area contributed by atoms with E-state index in [0.29, 0.717) is 42.7 Å². The summed E-state index contributed by atoms with van der Waals surface area (Å²) in [4.78, 5) is 31.4. The summed E-state index contributed by atoms with van der Waals surface area (Å²) in [6.45, 7) is 4.60. The number of anilines is 1. The van der Waals surface area contributed by atoms with Gasteiger partial charge in [0.2, 0.25) is 15.9 Å². The number of imidazole rings is 1. The van der Waals surface area contributed by atoms with Crippen molar-refractivity contribution in [2.45, 2.75) is 44.2 Å². The quantitative estimate of drug-likeness (QED) is 0.586. The molecule has 0 radical (unpaired) electrons. The second kappa shape index (κ2) is 8.97. The van der Waals surface area contributed by atoms with Gasteiger partial charge in [0.25, 0.3) is 0 Å². The van der Waals surface area contributed by atoms with Crippen LogP contribution in [0, 0.1) is 0 Å². The Hall–Kier alpha value is -2.21. The number of piperidine rings is 1. The predicted octanol–water partition coefficient (Wildman–Crippen LogP) is 1.09. The maximum atomic E-state index is 12.5. The number of sulfonamides is 1. The van der Waals surface area contributed by atoms with Crippen LogP contribution in [0.4, 0.5) is 5.69 Å². The van der Waals surface area contributed by atoms with Crippen LogP contribution in [0.2, 0.25) is 0 Å². The molecule has 1 spiro atoms. The van der Waals surface area contributed by atoms with Gasteiger partial charge in [-0.3, -0.25) is 9.69 Å². The van der Waals surface area contributed by atoms with Gasteiger partial charge in [-0.15, -0.1) is 0 Å². The van der Waals surface area contributed by atoms with Crippen molar-refractivity contribution >= 4 is 32.7 Å². The Morgan fingerprint density at radius 2 is 2.00 bits per heavy atom. The number of hydrogen-bond acceptors (Lipinski definition) is 6. The molecular formula is C21H31N5O5S. The summed E-state index contributed by atoms with van der Waals surface area (Å²) in [6.07, 6.45) is 4.23. The minimum absolute atomic E-state index is 0.0339. The molecule has 2 fully saturated rings. The number of ether oxygens (including phenoxy) is 1. The van der Waals surface area contributed by atoms with Crippen LogP contribution in [0.3, 0.4) is 0 Å². The lowest BCUT2D eigenvalue weighted by Gasteiger charge is -2.47. The van der Waals surface area contributed by atoms with E-state index in [4.69, 9.17) is 4.74 Å². The number of aromatic nitrogens is 2. The molecule has 1 amide bonds. The normalized spacial score (nSPS) is 21.9. The Labute approximate surface area is 187 Å². The number of rotatable bonds is 6. The first-order valence-electron chi connectivity index (χ1n) is 11.0. The molecule has 10 nitrogen and oxygen atoms in total. The maximum absolute atomic E-state index is 12.5. The van der Waals surface area contributed by atoms with Crippen LogP contribution in [0.15, 0.2) is 23.0 Å². The molecule has 0 aliphatic carbocycles. The molecule has 4 rings (SSSR count). The Kier molecular flexibility index (Phi) is 6.44. The highest BCUT2D eigenvalue weighted by Gasteiger charge is 2.43. The monoisotopic (exact) mass is 465 g/mol. The van der Waals surface area contributed by atoms with Crippen molar-refractivity contribution in [3.8, 4) is 0 Å². The summed E-state index contributed by atoms with van der Waals surface area (Å²) in [5, 5.41) is 2.89. The number of nitrogens with one attached hydrogen (secondary N) is 3. The van der Waals surface area contributed by atoms with Gasteiger partial charge in [0.05, 0.1) is 29.4 Å². The van der Waals surface area contributed by atoms with Gasteiger partial charge in [0.15, 0.2) is 0 Å². The smallest absolute Gasteiger partial charge is 0.323 e. The van der Waals surface area contributed by atoms with Crippen LogP contribution in [-0.2, 0) is 19.6 Å². The number of H-pyrrole nitrogens is 2. The van der Waals surface area contributed by atoms with E-state index in [1.807, 2.05) is 6.92 Å². The van der Waals surface area contributed by atoms with Gasteiger partial charge in [-0.25, -0.2) is 13.2 Å². The van der Waals surface area contributed by atoms with Crippen LogP contribution in [0.1, 0.15) is 32.6 Å². The number of nitrogens with zero attached hydrogens (tertiary/aromatic N) is 2. The van der Waals surface area contributed by atoms with E-state index in [1.165, 1.54) is 6.26 Å². The molecule has 0 saturated carbocycles. The number of carbonyl (C=O) groups excluding carboxylic acids is 1. The van der Waals surface area contributed by atoms with E-state index in [-0.39, 0.29) is 29.8 Å². The second-order valence-electron chi connectivity index (χ2n) is 8.81. The highest BCUT2D eigenvalue weighted by Crippen LogP contribution is 2.37. The minimum Gasteiger partial charge on any atom is -0.375 e. The Balaban J connectivity index is 1.31. The van der Waals surface area contributed by atoms with Crippen molar-refractivity contribution in [1.29, 1.82) is 0 Å². The Morgan fingerprint density at radius 3 is 2.69 bits per heavy atom. The first-order valence-corrected chi connectivity index (χ1v) is 12.9. The highest BCUT2D eigenvalue weighted by atomic mass is 32.2. The standard InChI is InChI=1S/C21H31N5O5S/c1-3-26(32(2,29)30)16-6-11-31-21(13-16)7-9-25(10-8-21)14-19(27)22-15-4-5-17-18(12-15)24-20(28)23-17/h4-5,12,16H,3,6-11,13-14H2,1-2H3,(H,22,27)(H2,23,24,28)/t16-/m1/s1. The summed E-state index contributed by atoms with van der Waals surface area (Å²) < 4.78 is 32.0. The van der Waals surface area contributed by atoms with Crippen molar-refractivity contribution in [2.75, 3.05) is 44.4 Å². The number of hydrogen-bond donors (Lipinski definition) is 3. The van der Waals surface area contributed by atoms with Crippen molar-refractivity contribution in [3.05, 3.63) is 28.7 Å². The fourth-order valence-electron chi connectivity index (χ4n) is 4.99. The van der Waals surface area contributed by atoms with Crippen LogP contribution in [-0.4, -0.2) is 84.2 Å². The zero-order valence-electron chi connectivity index (χ0n) is 18.5. The minimum atomic E-state index is -3.25. The molecule has 11 heteroatoms. The molecule has 32 heavy (non-hydrogen) atoms.